The van der Waals surface area contributed by atoms with Gasteiger partial charge in [-0.2, -0.15) is 0 Å². The number of carbonyl (C=O) groups is 1. The van der Waals surface area contributed by atoms with Crippen molar-refractivity contribution in [2.45, 2.75) is 57.1 Å². The number of carbonyl (C=O) groups excluding carboxylic acids is 1. The van der Waals surface area contributed by atoms with Crippen molar-refractivity contribution in [2.24, 2.45) is 0 Å². The summed E-state index contributed by atoms with van der Waals surface area (Å²) in [4.78, 5) is 12.0. The molecule has 1 aliphatic carbocycles. The van der Waals surface area contributed by atoms with Crippen LogP contribution in [-0.4, -0.2) is 38.5 Å². The Hall–Kier alpha value is -1.80. The zero-order valence-corrected chi connectivity index (χ0v) is 16.7. The van der Waals surface area contributed by atoms with E-state index in [-0.39, 0.29) is 11.3 Å². The van der Waals surface area contributed by atoms with E-state index in [9.17, 15) is 13.2 Å². The number of nitrogens with two attached hydrogens (primary N) is 1. The van der Waals surface area contributed by atoms with Gasteiger partial charge in [0.15, 0.2) is 9.84 Å². The van der Waals surface area contributed by atoms with Gasteiger partial charge in [0.05, 0.1) is 5.75 Å². The first-order valence-electron chi connectivity index (χ1n) is 8.64. The SMILES string of the molecule is CC(C)(C)NC(=O)OC1(CNCc2ccc(N)cc2CS(C)(=O)=O)CC1. The van der Waals surface area contributed by atoms with Crippen molar-refractivity contribution in [1.82, 2.24) is 10.6 Å². The Morgan fingerprint density at radius 3 is 2.46 bits per heavy atom. The molecule has 0 spiro atoms. The molecule has 0 saturated heterocycles. The van der Waals surface area contributed by atoms with Crippen molar-refractivity contribution in [1.29, 1.82) is 0 Å². The van der Waals surface area contributed by atoms with Crippen molar-refractivity contribution in [3.63, 3.8) is 0 Å². The van der Waals surface area contributed by atoms with Gasteiger partial charge in [0, 0.05) is 30.6 Å². The van der Waals surface area contributed by atoms with Crippen LogP contribution in [0, 0.1) is 0 Å². The minimum absolute atomic E-state index is 0.0509. The first kappa shape index (κ1) is 20.5. The van der Waals surface area contributed by atoms with Gasteiger partial charge in [-0.1, -0.05) is 6.07 Å². The highest BCUT2D eigenvalue weighted by atomic mass is 32.2. The highest BCUT2D eigenvalue weighted by Crippen LogP contribution is 2.39. The van der Waals surface area contributed by atoms with E-state index in [1.807, 2.05) is 26.8 Å². The first-order chi connectivity index (χ1) is 11.9. The Kier molecular flexibility index (Phi) is 5.87. The summed E-state index contributed by atoms with van der Waals surface area (Å²) in [5, 5.41) is 6.07. The summed E-state index contributed by atoms with van der Waals surface area (Å²) in [7, 11) is -3.15. The molecule has 0 aromatic heterocycles. The van der Waals surface area contributed by atoms with Crippen LogP contribution in [0.25, 0.3) is 0 Å². The fourth-order valence-electron chi connectivity index (χ4n) is 2.64. The molecule has 1 fully saturated rings. The summed E-state index contributed by atoms with van der Waals surface area (Å²) in [5.74, 6) is -0.0509. The summed E-state index contributed by atoms with van der Waals surface area (Å²) in [6, 6.07) is 5.27. The zero-order chi connectivity index (χ0) is 19.6. The molecule has 1 aliphatic rings. The van der Waals surface area contributed by atoms with Crippen LogP contribution in [0.2, 0.25) is 0 Å². The standard InChI is InChI=1S/C18H29N3O4S/c1-17(2,3)21-16(22)25-18(7-8-18)12-20-10-13-5-6-15(19)9-14(13)11-26(4,23)24/h5-6,9,20H,7-8,10-12,19H2,1-4H3,(H,21,22). The maximum atomic E-state index is 12.0. The molecule has 8 heteroatoms. The molecule has 0 aliphatic heterocycles. The first-order valence-corrected chi connectivity index (χ1v) is 10.7. The lowest BCUT2D eigenvalue weighted by molar-refractivity contribution is 0.0761. The molecule has 1 aromatic carbocycles. The molecule has 2 rings (SSSR count). The van der Waals surface area contributed by atoms with Crippen molar-refractivity contribution >= 4 is 21.6 Å². The van der Waals surface area contributed by atoms with Gasteiger partial charge in [0.25, 0.3) is 0 Å². The van der Waals surface area contributed by atoms with Crippen LogP contribution in [0.4, 0.5) is 10.5 Å². The normalized spacial score (nSPS) is 16.2. The Labute approximate surface area is 155 Å². The molecule has 7 nitrogen and oxygen atoms in total. The van der Waals surface area contributed by atoms with Crippen molar-refractivity contribution in [3.05, 3.63) is 29.3 Å². The number of ether oxygens (including phenoxy) is 1. The Balaban J connectivity index is 1.92. The van der Waals surface area contributed by atoms with Crippen LogP contribution < -0.4 is 16.4 Å². The largest absolute Gasteiger partial charge is 0.442 e. The molecular formula is C18H29N3O4S. The number of hydrogen-bond acceptors (Lipinski definition) is 6. The lowest BCUT2D eigenvalue weighted by Crippen LogP contribution is -2.44. The van der Waals surface area contributed by atoms with Gasteiger partial charge >= 0.3 is 6.09 Å². The van der Waals surface area contributed by atoms with Crippen LogP contribution in [0.3, 0.4) is 0 Å². The van der Waals surface area contributed by atoms with E-state index in [1.54, 1.807) is 12.1 Å². The third-order valence-corrected chi connectivity index (χ3v) is 4.84. The van der Waals surface area contributed by atoms with E-state index >= 15 is 0 Å². The number of nitrogen functional groups attached to an aromatic ring is 1. The smallest absolute Gasteiger partial charge is 0.408 e. The number of sulfone groups is 1. The second kappa shape index (κ2) is 7.44. The van der Waals surface area contributed by atoms with Crippen LogP contribution in [0.5, 0.6) is 0 Å². The third-order valence-electron chi connectivity index (χ3n) is 4.00. The second-order valence-electron chi connectivity index (χ2n) is 8.15. The van der Waals surface area contributed by atoms with Gasteiger partial charge < -0.3 is 21.1 Å². The van der Waals surface area contributed by atoms with Crippen molar-refractivity contribution < 1.29 is 17.9 Å². The van der Waals surface area contributed by atoms with Gasteiger partial charge in [-0.05, 0) is 56.9 Å². The van der Waals surface area contributed by atoms with E-state index in [4.69, 9.17) is 10.5 Å². The molecule has 0 radical (unpaired) electrons. The van der Waals surface area contributed by atoms with Gasteiger partial charge in [-0.15, -0.1) is 0 Å². The van der Waals surface area contributed by atoms with E-state index in [1.165, 1.54) is 6.26 Å². The molecule has 1 saturated carbocycles. The average molecular weight is 384 g/mol. The zero-order valence-electron chi connectivity index (χ0n) is 15.9. The molecule has 0 atom stereocenters. The average Bonchev–Trinajstić information content (AvgIpc) is 3.17. The van der Waals surface area contributed by atoms with Crippen LogP contribution in [-0.2, 0) is 26.9 Å². The van der Waals surface area contributed by atoms with Gasteiger partial charge in [-0.3, -0.25) is 0 Å². The highest BCUT2D eigenvalue weighted by Gasteiger charge is 2.46. The molecule has 146 valence electrons. The maximum Gasteiger partial charge on any atom is 0.408 e. The summed E-state index contributed by atoms with van der Waals surface area (Å²) in [6.07, 6.45) is 2.42. The Morgan fingerprint density at radius 1 is 1.27 bits per heavy atom. The fraction of sp³-hybridized carbons (Fsp3) is 0.611. The molecule has 4 N–H and O–H groups in total. The van der Waals surface area contributed by atoms with Gasteiger partial charge in [-0.25, -0.2) is 13.2 Å². The molecule has 26 heavy (non-hydrogen) atoms. The number of nitrogens with one attached hydrogen (secondary N) is 2. The monoisotopic (exact) mass is 383 g/mol. The molecule has 0 heterocycles. The number of benzene rings is 1. The lowest BCUT2D eigenvalue weighted by atomic mass is 10.1. The summed E-state index contributed by atoms with van der Waals surface area (Å²) in [5.41, 5.74) is 7.07. The molecule has 1 aromatic rings. The summed E-state index contributed by atoms with van der Waals surface area (Å²) in [6.45, 7) is 6.70. The quantitative estimate of drug-likeness (QED) is 0.621. The number of hydrogen-bond donors (Lipinski definition) is 3. The van der Waals surface area contributed by atoms with E-state index in [0.717, 1.165) is 18.4 Å². The van der Waals surface area contributed by atoms with Gasteiger partial charge in [0.1, 0.15) is 5.60 Å². The fourth-order valence-corrected chi connectivity index (χ4v) is 3.48. The number of anilines is 1. The number of rotatable bonds is 7. The Morgan fingerprint density at radius 2 is 1.92 bits per heavy atom. The number of amides is 1. The highest BCUT2D eigenvalue weighted by molar-refractivity contribution is 7.89. The van der Waals surface area contributed by atoms with Crippen LogP contribution >= 0.6 is 0 Å². The molecule has 0 bridgehead atoms. The minimum Gasteiger partial charge on any atom is -0.442 e. The van der Waals surface area contributed by atoms with Crippen LogP contribution in [0.1, 0.15) is 44.7 Å². The van der Waals surface area contributed by atoms with E-state index < -0.39 is 21.5 Å². The van der Waals surface area contributed by atoms with Crippen molar-refractivity contribution in [2.75, 3.05) is 18.5 Å². The lowest BCUT2D eigenvalue weighted by Gasteiger charge is -2.24. The molecular weight excluding hydrogens is 354 g/mol. The Bertz CT molecular complexity index is 765. The number of alkyl carbamates (subject to hydrolysis) is 1. The summed E-state index contributed by atoms with van der Waals surface area (Å²) >= 11 is 0. The summed E-state index contributed by atoms with van der Waals surface area (Å²) < 4.78 is 28.8. The molecule has 1 amide bonds. The van der Waals surface area contributed by atoms with E-state index in [0.29, 0.717) is 24.3 Å². The maximum absolute atomic E-state index is 12.0. The predicted octanol–water partition coefficient (Wildman–Crippen LogP) is 1.96. The molecule has 0 unspecified atom stereocenters. The van der Waals surface area contributed by atoms with Crippen molar-refractivity contribution in [3.8, 4) is 0 Å². The second-order valence-corrected chi connectivity index (χ2v) is 10.3. The van der Waals surface area contributed by atoms with E-state index in [2.05, 4.69) is 10.6 Å². The topological polar surface area (TPSA) is 111 Å². The van der Waals surface area contributed by atoms with Gasteiger partial charge in [0.2, 0.25) is 0 Å². The predicted molar refractivity (Wildman–Crippen MR) is 102 cm³/mol. The minimum atomic E-state index is -3.15. The third kappa shape index (κ3) is 6.84. The van der Waals surface area contributed by atoms with Crippen LogP contribution in [0.15, 0.2) is 18.2 Å².